The van der Waals surface area contributed by atoms with Gasteiger partial charge in [0.1, 0.15) is 0 Å². The van der Waals surface area contributed by atoms with Crippen LogP contribution in [0.4, 0.5) is 0 Å². The van der Waals surface area contributed by atoms with Gasteiger partial charge in [-0.15, -0.1) is 0 Å². The summed E-state index contributed by atoms with van der Waals surface area (Å²) in [5.74, 6) is 0.980. The van der Waals surface area contributed by atoms with Gasteiger partial charge >= 0.3 is 0 Å². The minimum atomic E-state index is 0.258. The van der Waals surface area contributed by atoms with Gasteiger partial charge in [-0.25, -0.2) is 0 Å². The summed E-state index contributed by atoms with van der Waals surface area (Å²) < 4.78 is 5.59. The number of rotatable bonds is 8. The van der Waals surface area contributed by atoms with E-state index in [1.165, 1.54) is 38.8 Å². The van der Waals surface area contributed by atoms with E-state index in [1.54, 1.807) is 0 Å². The predicted octanol–water partition coefficient (Wildman–Crippen LogP) is 2.25. The molecule has 0 aromatic carbocycles. The van der Waals surface area contributed by atoms with Crippen molar-refractivity contribution in [3.63, 3.8) is 0 Å². The average Bonchev–Trinajstić information content (AvgIpc) is 2.36. The SMILES string of the molecule is CCCC1CCN(CCC(CN)OCC)CC1. The third-order valence-electron chi connectivity index (χ3n) is 3.84. The first-order valence-corrected chi connectivity index (χ1v) is 7.34. The summed E-state index contributed by atoms with van der Waals surface area (Å²) in [6.07, 6.45) is 6.87. The van der Waals surface area contributed by atoms with Crippen molar-refractivity contribution in [1.29, 1.82) is 0 Å². The van der Waals surface area contributed by atoms with Crippen molar-refractivity contribution in [3.05, 3.63) is 0 Å². The first-order chi connectivity index (χ1) is 8.30. The van der Waals surface area contributed by atoms with Gasteiger partial charge in [-0.05, 0) is 45.2 Å². The molecule has 1 aliphatic heterocycles. The van der Waals surface area contributed by atoms with E-state index in [0.29, 0.717) is 6.54 Å². The quantitative estimate of drug-likeness (QED) is 0.709. The number of piperidine rings is 1. The fourth-order valence-electron chi connectivity index (χ4n) is 2.74. The van der Waals surface area contributed by atoms with E-state index in [4.69, 9.17) is 10.5 Å². The third-order valence-corrected chi connectivity index (χ3v) is 3.84. The van der Waals surface area contributed by atoms with Crippen molar-refractivity contribution in [2.45, 2.75) is 52.1 Å². The molecule has 0 saturated carbocycles. The molecule has 0 radical (unpaired) electrons. The van der Waals surface area contributed by atoms with Crippen LogP contribution in [0.1, 0.15) is 46.0 Å². The van der Waals surface area contributed by atoms with E-state index >= 15 is 0 Å². The van der Waals surface area contributed by atoms with Gasteiger partial charge in [-0.1, -0.05) is 19.8 Å². The summed E-state index contributed by atoms with van der Waals surface area (Å²) in [7, 11) is 0. The smallest absolute Gasteiger partial charge is 0.0709 e. The molecule has 0 bridgehead atoms. The molecule has 1 atom stereocenters. The Hall–Kier alpha value is -0.120. The van der Waals surface area contributed by atoms with E-state index in [9.17, 15) is 0 Å². The number of hydrogen-bond donors (Lipinski definition) is 1. The van der Waals surface area contributed by atoms with Crippen LogP contribution in [-0.2, 0) is 4.74 Å². The lowest BCUT2D eigenvalue weighted by Gasteiger charge is -2.32. The molecule has 1 aliphatic rings. The molecule has 0 amide bonds. The minimum absolute atomic E-state index is 0.258. The molecule has 102 valence electrons. The molecule has 0 aromatic rings. The Morgan fingerprint density at radius 3 is 2.53 bits per heavy atom. The minimum Gasteiger partial charge on any atom is -0.377 e. The molecule has 0 spiro atoms. The first-order valence-electron chi connectivity index (χ1n) is 7.34. The maximum absolute atomic E-state index is 5.69. The lowest BCUT2D eigenvalue weighted by molar-refractivity contribution is 0.0503. The molecule has 1 heterocycles. The Morgan fingerprint density at radius 1 is 1.29 bits per heavy atom. The standard InChI is InChI=1S/C14H30N2O/c1-3-5-13-6-9-16(10-7-13)11-8-14(12-15)17-4-2/h13-14H,3-12,15H2,1-2H3. The van der Waals surface area contributed by atoms with Crippen LogP contribution in [0.25, 0.3) is 0 Å². The molecular weight excluding hydrogens is 212 g/mol. The molecular formula is C14H30N2O. The van der Waals surface area contributed by atoms with E-state index in [2.05, 4.69) is 11.8 Å². The summed E-state index contributed by atoms with van der Waals surface area (Å²) in [4.78, 5) is 2.58. The van der Waals surface area contributed by atoms with Crippen LogP contribution in [-0.4, -0.2) is 43.8 Å². The van der Waals surface area contributed by atoms with Crippen LogP contribution in [0.15, 0.2) is 0 Å². The number of hydrogen-bond acceptors (Lipinski definition) is 3. The molecule has 0 aliphatic carbocycles. The molecule has 1 fully saturated rings. The molecule has 0 aromatic heterocycles. The summed E-state index contributed by atoms with van der Waals surface area (Å²) >= 11 is 0. The number of nitrogens with zero attached hydrogens (tertiary/aromatic N) is 1. The van der Waals surface area contributed by atoms with E-state index in [0.717, 1.165) is 25.5 Å². The normalized spacial score (nSPS) is 20.6. The summed E-state index contributed by atoms with van der Waals surface area (Å²) in [5.41, 5.74) is 5.69. The van der Waals surface area contributed by atoms with Crippen molar-refractivity contribution in [3.8, 4) is 0 Å². The van der Waals surface area contributed by atoms with E-state index in [1.807, 2.05) is 6.92 Å². The van der Waals surface area contributed by atoms with Gasteiger partial charge in [-0.2, -0.15) is 0 Å². The number of likely N-dealkylation sites (tertiary alicyclic amines) is 1. The molecule has 3 nitrogen and oxygen atoms in total. The molecule has 1 rings (SSSR count). The van der Waals surface area contributed by atoms with Crippen LogP contribution >= 0.6 is 0 Å². The Labute approximate surface area is 107 Å². The van der Waals surface area contributed by atoms with Crippen LogP contribution < -0.4 is 5.73 Å². The van der Waals surface area contributed by atoms with Crippen LogP contribution in [0.5, 0.6) is 0 Å². The number of ether oxygens (including phenoxy) is 1. The topological polar surface area (TPSA) is 38.5 Å². The Morgan fingerprint density at radius 2 is 2.00 bits per heavy atom. The molecule has 17 heavy (non-hydrogen) atoms. The predicted molar refractivity (Wildman–Crippen MR) is 73.2 cm³/mol. The maximum atomic E-state index is 5.69. The van der Waals surface area contributed by atoms with Crippen molar-refractivity contribution < 1.29 is 4.74 Å². The van der Waals surface area contributed by atoms with Crippen LogP contribution in [0, 0.1) is 5.92 Å². The second-order valence-corrected chi connectivity index (χ2v) is 5.18. The second-order valence-electron chi connectivity index (χ2n) is 5.18. The van der Waals surface area contributed by atoms with Gasteiger partial charge in [0.05, 0.1) is 6.10 Å². The summed E-state index contributed by atoms with van der Waals surface area (Å²) in [5, 5.41) is 0. The molecule has 3 heteroatoms. The van der Waals surface area contributed by atoms with Gasteiger partial charge in [0.2, 0.25) is 0 Å². The number of nitrogens with two attached hydrogens (primary N) is 1. The Bertz CT molecular complexity index is 179. The zero-order valence-electron chi connectivity index (χ0n) is 11.7. The molecule has 2 N–H and O–H groups in total. The second kappa shape index (κ2) is 8.90. The first kappa shape index (κ1) is 14.9. The molecule has 1 unspecified atom stereocenters. The monoisotopic (exact) mass is 242 g/mol. The van der Waals surface area contributed by atoms with Gasteiger partial charge in [0.25, 0.3) is 0 Å². The Balaban J connectivity index is 2.12. The lowest BCUT2D eigenvalue weighted by Crippen LogP contribution is -2.37. The summed E-state index contributed by atoms with van der Waals surface area (Å²) in [6, 6.07) is 0. The zero-order valence-corrected chi connectivity index (χ0v) is 11.7. The van der Waals surface area contributed by atoms with Gasteiger partial charge < -0.3 is 15.4 Å². The van der Waals surface area contributed by atoms with Crippen molar-refractivity contribution >= 4 is 0 Å². The average molecular weight is 242 g/mol. The maximum Gasteiger partial charge on any atom is 0.0709 e. The van der Waals surface area contributed by atoms with E-state index in [-0.39, 0.29) is 6.10 Å². The highest BCUT2D eigenvalue weighted by Gasteiger charge is 2.19. The van der Waals surface area contributed by atoms with Gasteiger partial charge in [0.15, 0.2) is 0 Å². The Kier molecular flexibility index (Phi) is 7.82. The van der Waals surface area contributed by atoms with Crippen molar-refractivity contribution in [2.75, 3.05) is 32.8 Å². The largest absolute Gasteiger partial charge is 0.377 e. The van der Waals surface area contributed by atoms with Gasteiger partial charge in [0, 0.05) is 19.7 Å². The molecule has 1 saturated heterocycles. The highest BCUT2D eigenvalue weighted by Crippen LogP contribution is 2.21. The van der Waals surface area contributed by atoms with Crippen LogP contribution in [0.3, 0.4) is 0 Å². The van der Waals surface area contributed by atoms with Crippen molar-refractivity contribution in [1.82, 2.24) is 4.90 Å². The lowest BCUT2D eigenvalue weighted by atomic mass is 9.92. The van der Waals surface area contributed by atoms with E-state index < -0.39 is 0 Å². The fourth-order valence-corrected chi connectivity index (χ4v) is 2.74. The summed E-state index contributed by atoms with van der Waals surface area (Å²) in [6.45, 7) is 9.46. The zero-order chi connectivity index (χ0) is 12.5. The van der Waals surface area contributed by atoms with Crippen molar-refractivity contribution in [2.24, 2.45) is 11.7 Å². The third kappa shape index (κ3) is 5.84. The van der Waals surface area contributed by atoms with Gasteiger partial charge in [-0.3, -0.25) is 0 Å². The van der Waals surface area contributed by atoms with Crippen LogP contribution in [0.2, 0.25) is 0 Å². The highest BCUT2D eigenvalue weighted by molar-refractivity contribution is 4.73. The highest BCUT2D eigenvalue weighted by atomic mass is 16.5. The fraction of sp³-hybridized carbons (Fsp3) is 1.00.